The summed E-state index contributed by atoms with van der Waals surface area (Å²) >= 11 is 0. The van der Waals surface area contributed by atoms with E-state index in [1.165, 1.54) is 0 Å². The van der Waals surface area contributed by atoms with Crippen molar-refractivity contribution in [2.45, 2.75) is 13.5 Å². The number of fused-ring (bicyclic) bond motifs is 4. The van der Waals surface area contributed by atoms with Gasteiger partial charge in [-0.15, -0.1) is 0 Å². The minimum absolute atomic E-state index is 0.125. The Kier molecular flexibility index (Phi) is 4.11. The first kappa shape index (κ1) is 18.4. The lowest BCUT2D eigenvalue weighted by Gasteiger charge is -2.08. The van der Waals surface area contributed by atoms with Crippen LogP contribution in [0.5, 0.6) is 0 Å². The number of rotatable bonds is 3. The van der Waals surface area contributed by atoms with Crippen molar-refractivity contribution in [2.24, 2.45) is 0 Å². The fourth-order valence-corrected chi connectivity index (χ4v) is 4.18. The molecule has 32 heavy (non-hydrogen) atoms. The Morgan fingerprint density at radius 3 is 2.34 bits per heavy atom. The van der Waals surface area contributed by atoms with E-state index in [-0.39, 0.29) is 5.56 Å². The zero-order valence-corrected chi connectivity index (χ0v) is 17.4. The van der Waals surface area contributed by atoms with E-state index in [9.17, 15) is 4.79 Å². The van der Waals surface area contributed by atoms with Gasteiger partial charge in [0.05, 0.1) is 17.6 Å². The van der Waals surface area contributed by atoms with Crippen LogP contribution < -0.4 is 5.56 Å². The minimum Gasteiger partial charge on any atom is -0.294 e. The maximum atomic E-state index is 13.6. The van der Waals surface area contributed by atoms with Gasteiger partial charge in [0.1, 0.15) is 17.2 Å². The summed E-state index contributed by atoms with van der Waals surface area (Å²) in [5.41, 5.74) is 6.23. The van der Waals surface area contributed by atoms with Crippen LogP contribution in [0, 0.1) is 6.92 Å². The van der Waals surface area contributed by atoms with Crippen molar-refractivity contribution in [1.82, 2.24) is 24.1 Å². The van der Waals surface area contributed by atoms with Crippen LogP contribution in [0.1, 0.15) is 11.1 Å². The summed E-state index contributed by atoms with van der Waals surface area (Å²) in [5, 5.41) is 0.484. The lowest BCUT2D eigenvalue weighted by molar-refractivity contribution is 0.747. The lowest BCUT2D eigenvalue weighted by Crippen LogP contribution is -2.21. The molecule has 3 aromatic carbocycles. The second-order valence-electron chi connectivity index (χ2n) is 7.92. The van der Waals surface area contributed by atoms with Crippen molar-refractivity contribution >= 4 is 33.2 Å². The number of hydrogen-bond donors (Lipinski definition) is 0. The Bertz CT molecular complexity index is 1680. The maximum Gasteiger partial charge on any atom is 0.265 e. The van der Waals surface area contributed by atoms with E-state index in [1.54, 1.807) is 10.9 Å². The highest BCUT2D eigenvalue weighted by Gasteiger charge is 2.20. The van der Waals surface area contributed by atoms with Gasteiger partial charge in [-0.2, -0.15) is 0 Å². The van der Waals surface area contributed by atoms with Crippen molar-refractivity contribution in [3.8, 4) is 5.69 Å². The number of para-hydroxylation sites is 2. The molecule has 3 heterocycles. The van der Waals surface area contributed by atoms with Crippen LogP contribution in [-0.2, 0) is 6.54 Å². The normalized spacial score (nSPS) is 11.5. The predicted molar refractivity (Wildman–Crippen MR) is 126 cm³/mol. The molecule has 0 bridgehead atoms. The van der Waals surface area contributed by atoms with Crippen LogP contribution in [0.2, 0.25) is 0 Å². The van der Waals surface area contributed by atoms with E-state index in [0.29, 0.717) is 28.7 Å². The van der Waals surface area contributed by atoms with Crippen molar-refractivity contribution in [2.75, 3.05) is 0 Å². The molecule has 6 aromatic rings. The van der Waals surface area contributed by atoms with Gasteiger partial charge in [0, 0.05) is 5.69 Å². The molecule has 0 spiro atoms. The van der Waals surface area contributed by atoms with E-state index in [1.807, 2.05) is 84.3 Å². The Labute approximate surface area is 183 Å². The molecule has 6 rings (SSSR count). The van der Waals surface area contributed by atoms with Crippen LogP contribution in [-0.4, -0.2) is 24.1 Å². The van der Waals surface area contributed by atoms with Gasteiger partial charge in [0.2, 0.25) is 0 Å². The van der Waals surface area contributed by atoms with E-state index < -0.39 is 0 Å². The highest BCUT2D eigenvalue weighted by Crippen LogP contribution is 2.28. The second kappa shape index (κ2) is 7.13. The molecule has 0 fully saturated rings. The fraction of sp³-hybridized carbons (Fsp3) is 0.0769. The molecule has 3 aromatic heterocycles. The quantitative estimate of drug-likeness (QED) is 0.421. The third kappa shape index (κ3) is 2.88. The van der Waals surface area contributed by atoms with Crippen molar-refractivity contribution < 1.29 is 0 Å². The van der Waals surface area contributed by atoms with Crippen LogP contribution in [0.3, 0.4) is 0 Å². The van der Waals surface area contributed by atoms with Gasteiger partial charge < -0.3 is 0 Å². The van der Waals surface area contributed by atoms with Gasteiger partial charge in [-0.05, 0) is 42.3 Å². The molecule has 0 N–H and O–H groups in total. The zero-order valence-electron chi connectivity index (χ0n) is 17.4. The molecular weight excluding hydrogens is 398 g/mol. The van der Waals surface area contributed by atoms with Crippen LogP contribution in [0.15, 0.2) is 90.0 Å². The molecule has 0 aliphatic rings. The van der Waals surface area contributed by atoms with Gasteiger partial charge in [-0.3, -0.25) is 13.9 Å². The standard InChI is InChI=1S/C26H19N5O/c1-17-8-7-11-19(14-17)31-24-22(23-25(31)29-21-13-6-5-12-20(21)28-23)26(32)30(16-27-24)15-18-9-3-2-4-10-18/h2-14,16H,15H2,1H3. The van der Waals surface area contributed by atoms with Gasteiger partial charge >= 0.3 is 0 Å². The number of nitrogens with zero attached hydrogens (tertiary/aromatic N) is 5. The predicted octanol–water partition coefficient (Wildman–Crippen LogP) is 4.64. The summed E-state index contributed by atoms with van der Waals surface area (Å²) < 4.78 is 3.57. The highest BCUT2D eigenvalue weighted by atomic mass is 16.1. The Hall–Kier alpha value is -4.32. The van der Waals surface area contributed by atoms with Crippen LogP contribution in [0.25, 0.3) is 38.9 Å². The molecule has 0 atom stereocenters. The Balaban J connectivity index is 1.71. The summed E-state index contributed by atoms with van der Waals surface area (Å²) in [5.74, 6) is 0. The van der Waals surface area contributed by atoms with Gasteiger partial charge in [-0.25, -0.2) is 15.0 Å². The van der Waals surface area contributed by atoms with Crippen molar-refractivity contribution in [1.29, 1.82) is 0 Å². The molecule has 6 heteroatoms. The first-order chi connectivity index (χ1) is 15.7. The van der Waals surface area contributed by atoms with Gasteiger partial charge in [-0.1, -0.05) is 54.6 Å². The molecule has 0 amide bonds. The van der Waals surface area contributed by atoms with E-state index in [4.69, 9.17) is 15.0 Å². The average molecular weight is 417 g/mol. The second-order valence-corrected chi connectivity index (χ2v) is 7.92. The summed E-state index contributed by atoms with van der Waals surface area (Å²) in [6.45, 7) is 2.49. The monoisotopic (exact) mass is 417 g/mol. The van der Waals surface area contributed by atoms with Crippen molar-refractivity contribution in [3.63, 3.8) is 0 Å². The zero-order chi connectivity index (χ0) is 21.7. The molecular formula is C26H19N5O. The lowest BCUT2D eigenvalue weighted by atomic mass is 10.2. The maximum absolute atomic E-state index is 13.6. The summed E-state index contributed by atoms with van der Waals surface area (Å²) in [6, 6.07) is 25.7. The number of hydrogen-bond acceptors (Lipinski definition) is 4. The van der Waals surface area contributed by atoms with Crippen LogP contribution >= 0.6 is 0 Å². The Morgan fingerprint density at radius 2 is 1.56 bits per heavy atom. The van der Waals surface area contributed by atoms with Crippen LogP contribution in [0.4, 0.5) is 0 Å². The largest absolute Gasteiger partial charge is 0.294 e. The molecule has 0 saturated heterocycles. The summed E-state index contributed by atoms with van der Waals surface area (Å²) in [4.78, 5) is 28.1. The molecule has 6 nitrogen and oxygen atoms in total. The molecule has 0 unspecified atom stereocenters. The molecule has 0 radical (unpaired) electrons. The van der Waals surface area contributed by atoms with Gasteiger partial charge in [0.15, 0.2) is 11.3 Å². The van der Waals surface area contributed by atoms with E-state index in [2.05, 4.69) is 6.07 Å². The first-order valence-corrected chi connectivity index (χ1v) is 10.5. The summed E-state index contributed by atoms with van der Waals surface area (Å²) in [7, 11) is 0. The third-order valence-corrected chi connectivity index (χ3v) is 5.69. The third-order valence-electron chi connectivity index (χ3n) is 5.69. The van der Waals surface area contributed by atoms with E-state index >= 15 is 0 Å². The SMILES string of the molecule is Cc1cccc(-n2c3nc4ccccc4nc3c3c(=O)n(Cc4ccccc4)cnc32)c1. The molecule has 0 saturated carbocycles. The fourth-order valence-electron chi connectivity index (χ4n) is 4.18. The smallest absolute Gasteiger partial charge is 0.265 e. The number of aryl methyl sites for hydroxylation is 1. The van der Waals surface area contributed by atoms with Gasteiger partial charge in [0.25, 0.3) is 5.56 Å². The summed E-state index contributed by atoms with van der Waals surface area (Å²) in [6.07, 6.45) is 1.61. The first-order valence-electron chi connectivity index (χ1n) is 10.5. The number of benzene rings is 3. The Morgan fingerprint density at radius 1 is 0.812 bits per heavy atom. The van der Waals surface area contributed by atoms with E-state index in [0.717, 1.165) is 27.8 Å². The minimum atomic E-state index is -0.125. The molecule has 154 valence electrons. The number of aromatic nitrogens is 5. The topological polar surface area (TPSA) is 65.6 Å². The molecule has 0 aliphatic heterocycles. The average Bonchev–Trinajstić information content (AvgIpc) is 3.14. The van der Waals surface area contributed by atoms with Crippen molar-refractivity contribution in [3.05, 3.63) is 107 Å². The molecule has 0 aliphatic carbocycles. The highest BCUT2D eigenvalue weighted by molar-refractivity contribution is 6.05.